The summed E-state index contributed by atoms with van der Waals surface area (Å²) >= 11 is 0. The largest absolute Gasteiger partial charge is 0.310 e. The van der Waals surface area contributed by atoms with Gasteiger partial charge in [0, 0.05) is 39.1 Å². The van der Waals surface area contributed by atoms with Crippen molar-refractivity contribution in [3.05, 3.63) is 236 Å². The fourth-order valence-corrected chi connectivity index (χ4v) is 9.11. The summed E-state index contributed by atoms with van der Waals surface area (Å²) in [6.45, 7) is 0. The van der Waals surface area contributed by atoms with Gasteiger partial charge in [0.15, 0.2) is 0 Å². The summed E-state index contributed by atoms with van der Waals surface area (Å²) < 4.78 is 2.48. The lowest BCUT2D eigenvalue weighted by Gasteiger charge is -2.28. The van der Waals surface area contributed by atoms with Crippen LogP contribution >= 0.6 is 0 Å². The first-order valence-electron chi connectivity index (χ1n) is 20.9. The SMILES string of the molecule is C1=Cc2c(c3ccc4ccccc4c3n2-c2ccc(-c3ccc(N(c4ccc(-c5ccccc5)cc4)c4ccccc4-c4ccc(-c5ccccc5)cc4)cc3)cc2)CC1. The highest BCUT2D eigenvalue weighted by molar-refractivity contribution is 6.09. The topological polar surface area (TPSA) is 8.17 Å². The fourth-order valence-electron chi connectivity index (χ4n) is 9.11. The monoisotopic (exact) mass is 766 g/mol. The molecule has 1 heterocycles. The zero-order valence-electron chi connectivity index (χ0n) is 33.2. The van der Waals surface area contributed by atoms with E-state index in [9.17, 15) is 0 Å². The van der Waals surface area contributed by atoms with E-state index in [2.05, 4.69) is 240 Å². The van der Waals surface area contributed by atoms with E-state index < -0.39 is 0 Å². The van der Waals surface area contributed by atoms with E-state index in [1.54, 1.807) is 0 Å². The number of allylic oxidation sites excluding steroid dienone is 1. The number of para-hydroxylation sites is 1. The van der Waals surface area contributed by atoms with E-state index in [-0.39, 0.29) is 0 Å². The Morgan fingerprint density at radius 2 is 0.883 bits per heavy atom. The van der Waals surface area contributed by atoms with Crippen LogP contribution in [0.1, 0.15) is 17.7 Å². The third-order valence-corrected chi connectivity index (χ3v) is 12.1. The maximum atomic E-state index is 2.48. The average molecular weight is 767 g/mol. The van der Waals surface area contributed by atoms with Crippen molar-refractivity contribution in [2.24, 2.45) is 0 Å². The van der Waals surface area contributed by atoms with Crippen LogP contribution in [0.25, 0.3) is 77.9 Å². The molecule has 1 aromatic heterocycles. The molecule has 11 rings (SSSR count). The smallest absolute Gasteiger partial charge is 0.0616 e. The van der Waals surface area contributed by atoms with Crippen LogP contribution < -0.4 is 4.90 Å². The summed E-state index contributed by atoms with van der Waals surface area (Å²) in [7, 11) is 0. The highest BCUT2D eigenvalue weighted by Gasteiger charge is 2.21. The molecule has 284 valence electrons. The van der Waals surface area contributed by atoms with E-state index >= 15 is 0 Å². The molecule has 60 heavy (non-hydrogen) atoms. The Morgan fingerprint density at radius 3 is 1.52 bits per heavy atom. The molecule has 1 aliphatic rings. The first-order chi connectivity index (χ1) is 29.8. The summed E-state index contributed by atoms with van der Waals surface area (Å²) in [4.78, 5) is 2.39. The van der Waals surface area contributed by atoms with Gasteiger partial charge in [0.25, 0.3) is 0 Å². The van der Waals surface area contributed by atoms with Gasteiger partial charge < -0.3 is 9.47 Å². The first-order valence-corrected chi connectivity index (χ1v) is 20.9. The van der Waals surface area contributed by atoms with Crippen molar-refractivity contribution in [2.75, 3.05) is 4.90 Å². The normalized spacial score (nSPS) is 12.1. The van der Waals surface area contributed by atoms with Crippen LogP contribution in [-0.4, -0.2) is 4.57 Å². The zero-order valence-corrected chi connectivity index (χ0v) is 33.2. The summed E-state index contributed by atoms with van der Waals surface area (Å²) in [5, 5.41) is 3.92. The van der Waals surface area contributed by atoms with Gasteiger partial charge in [-0.3, -0.25) is 0 Å². The molecule has 0 saturated carbocycles. The van der Waals surface area contributed by atoms with Gasteiger partial charge >= 0.3 is 0 Å². The van der Waals surface area contributed by atoms with Gasteiger partial charge in [-0.2, -0.15) is 0 Å². The van der Waals surface area contributed by atoms with E-state index in [1.165, 1.54) is 83.1 Å². The second-order valence-corrected chi connectivity index (χ2v) is 15.6. The highest BCUT2D eigenvalue weighted by atomic mass is 15.1. The Labute approximate surface area is 351 Å². The first kappa shape index (κ1) is 35.5. The molecule has 0 unspecified atom stereocenters. The molecule has 1 aliphatic carbocycles. The summed E-state index contributed by atoms with van der Waals surface area (Å²) in [5.74, 6) is 0. The van der Waals surface area contributed by atoms with Crippen LogP contribution in [0.5, 0.6) is 0 Å². The molecule has 0 atom stereocenters. The molecule has 10 aromatic rings. The minimum Gasteiger partial charge on any atom is -0.310 e. The predicted octanol–water partition coefficient (Wildman–Crippen LogP) is 15.9. The Balaban J connectivity index is 0.967. The molecule has 2 heteroatoms. The van der Waals surface area contributed by atoms with Gasteiger partial charge in [-0.05, 0) is 111 Å². The number of fused-ring (bicyclic) bond motifs is 5. The van der Waals surface area contributed by atoms with Crippen molar-refractivity contribution in [1.82, 2.24) is 4.57 Å². The fraction of sp³-hybridized carbons (Fsp3) is 0.0345. The molecule has 2 nitrogen and oxygen atoms in total. The average Bonchev–Trinajstić information content (AvgIpc) is 3.68. The Morgan fingerprint density at radius 1 is 0.383 bits per heavy atom. The predicted molar refractivity (Wildman–Crippen MR) is 255 cm³/mol. The molecule has 0 bridgehead atoms. The molecular formula is C58H42N2. The summed E-state index contributed by atoms with van der Waals surface area (Å²) in [6.07, 6.45) is 6.78. The quantitative estimate of drug-likeness (QED) is 0.150. The van der Waals surface area contributed by atoms with Gasteiger partial charge in [0.2, 0.25) is 0 Å². The van der Waals surface area contributed by atoms with Gasteiger partial charge in [-0.15, -0.1) is 0 Å². The van der Waals surface area contributed by atoms with E-state index in [0.717, 1.165) is 29.9 Å². The number of anilines is 3. The minimum absolute atomic E-state index is 1.07. The lowest BCUT2D eigenvalue weighted by Crippen LogP contribution is -2.11. The standard InChI is InChI=1S/C58H42N2/c1-3-13-41(14-4-1)43-23-25-48(26-24-43)52-18-9-11-21-56(52)59(49-34-27-44(28-35-49)42-15-5-2-6-16-42)50-36-29-45(30-37-50)46-31-38-51(39-32-46)60-57-22-12-10-20-54(57)55-40-33-47-17-7-8-19-53(47)58(55)60/h1-9,11-19,21-40H,10,20H2. The van der Waals surface area contributed by atoms with Crippen molar-refractivity contribution in [3.8, 4) is 50.2 Å². The Kier molecular flexibility index (Phi) is 9.02. The third-order valence-electron chi connectivity index (χ3n) is 12.1. The van der Waals surface area contributed by atoms with Crippen LogP contribution in [0.4, 0.5) is 17.1 Å². The number of hydrogen-bond donors (Lipinski definition) is 0. The van der Waals surface area contributed by atoms with Crippen molar-refractivity contribution < 1.29 is 0 Å². The van der Waals surface area contributed by atoms with E-state index in [1.807, 2.05) is 0 Å². The lowest BCUT2D eigenvalue weighted by molar-refractivity contribution is 0.968. The molecule has 9 aromatic carbocycles. The minimum atomic E-state index is 1.07. The van der Waals surface area contributed by atoms with Gasteiger partial charge in [-0.25, -0.2) is 0 Å². The molecule has 0 amide bonds. The van der Waals surface area contributed by atoms with Crippen LogP contribution in [0.3, 0.4) is 0 Å². The summed E-state index contributed by atoms with van der Waals surface area (Å²) in [6, 6.07) is 79.3. The van der Waals surface area contributed by atoms with Crippen molar-refractivity contribution in [1.29, 1.82) is 0 Å². The Hall–Kier alpha value is -7.68. The summed E-state index contributed by atoms with van der Waals surface area (Å²) in [5.41, 5.74) is 18.1. The van der Waals surface area contributed by atoms with Crippen molar-refractivity contribution in [2.45, 2.75) is 12.8 Å². The number of rotatable bonds is 8. The van der Waals surface area contributed by atoms with E-state index in [0.29, 0.717) is 0 Å². The number of aryl methyl sites for hydroxylation is 1. The molecule has 0 N–H and O–H groups in total. The van der Waals surface area contributed by atoms with Crippen LogP contribution in [0, 0.1) is 0 Å². The van der Waals surface area contributed by atoms with Crippen molar-refractivity contribution in [3.63, 3.8) is 0 Å². The molecule has 0 fully saturated rings. The molecule has 0 aliphatic heterocycles. The van der Waals surface area contributed by atoms with Gasteiger partial charge in [0.05, 0.1) is 11.2 Å². The number of benzene rings is 9. The number of aromatic nitrogens is 1. The highest BCUT2D eigenvalue weighted by Crippen LogP contribution is 2.43. The van der Waals surface area contributed by atoms with Crippen LogP contribution in [0.2, 0.25) is 0 Å². The number of hydrogen-bond acceptors (Lipinski definition) is 1. The maximum Gasteiger partial charge on any atom is 0.0616 e. The van der Waals surface area contributed by atoms with Gasteiger partial charge in [-0.1, -0.05) is 182 Å². The molecule has 0 saturated heterocycles. The zero-order chi connectivity index (χ0) is 39.8. The molecule has 0 radical (unpaired) electrons. The second kappa shape index (κ2) is 15.2. The van der Waals surface area contributed by atoms with Crippen LogP contribution in [0.15, 0.2) is 224 Å². The molecule has 0 spiro atoms. The third kappa shape index (κ3) is 6.40. The second-order valence-electron chi connectivity index (χ2n) is 15.6. The lowest BCUT2D eigenvalue weighted by atomic mass is 9.98. The van der Waals surface area contributed by atoms with Gasteiger partial charge in [0.1, 0.15) is 0 Å². The van der Waals surface area contributed by atoms with E-state index in [4.69, 9.17) is 0 Å². The molecular weight excluding hydrogens is 725 g/mol. The maximum absolute atomic E-state index is 2.48. The van der Waals surface area contributed by atoms with Crippen molar-refractivity contribution >= 4 is 44.8 Å². The number of nitrogens with zero attached hydrogens (tertiary/aromatic N) is 2. The van der Waals surface area contributed by atoms with Crippen LogP contribution in [-0.2, 0) is 6.42 Å². The Bertz CT molecular complexity index is 3140.